The van der Waals surface area contributed by atoms with Crippen LogP contribution in [0.15, 0.2) is 24.4 Å². The number of rotatable bonds is 6. The fraction of sp³-hybridized carbons (Fsp3) is 0.632. The zero-order valence-electron chi connectivity index (χ0n) is 17.1. The van der Waals surface area contributed by atoms with Crippen LogP contribution in [0.2, 0.25) is 0 Å². The van der Waals surface area contributed by atoms with E-state index in [1.165, 1.54) is 9.87 Å². The second kappa shape index (κ2) is 7.07. The Morgan fingerprint density at radius 3 is 2.71 bits per heavy atom. The van der Waals surface area contributed by atoms with Gasteiger partial charge in [0.25, 0.3) is 10.2 Å². The number of hydrogen-bond acceptors (Lipinski definition) is 5. The molecule has 2 aliphatic heterocycles. The number of benzene rings is 1. The molecule has 1 aromatic heterocycles. The van der Waals surface area contributed by atoms with E-state index in [4.69, 9.17) is 0 Å². The number of aromatic nitrogens is 2. The number of nitrogens with zero attached hydrogens (tertiary/aromatic N) is 5. The summed E-state index contributed by atoms with van der Waals surface area (Å²) in [6.07, 6.45) is 1.84. The van der Waals surface area contributed by atoms with E-state index in [2.05, 4.69) is 52.3 Å². The number of likely N-dealkylation sites (tertiary alicyclic amines) is 1. The second-order valence-electron chi connectivity index (χ2n) is 8.84. The highest BCUT2D eigenvalue weighted by molar-refractivity contribution is 7.86. The first-order chi connectivity index (χ1) is 13.2. The van der Waals surface area contributed by atoms with Gasteiger partial charge in [0.2, 0.25) is 0 Å². The van der Waals surface area contributed by atoms with Crippen molar-refractivity contribution in [2.75, 3.05) is 60.9 Å². The van der Waals surface area contributed by atoms with E-state index < -0.39 is 10.2 Å². The molecule has 0 unspecified atom stereocenters. The summed E-state index contributed by atoms with van der Waals surface area (Å²) in [5, 5.41) is 8.26. The normalized spacial score (nSPS) is 26.7. The molecule has 2 aliphatic rings. The van der Waals surface area contributed by atoms with Crippen molar-refractivity contribution in [2.24, 2.45) is 11.3 Å². The molecule has 2 fully saturated rings. The number of nitrogens with one attached hydrogen (secondary N) is 1. The number of H-pyrrole nitrogens is 1. The first-order valence-electron chi connectivity index (χ1n) is 9.66. The number of aromatic amines is 1. The molecule has 1 aromatic carbocycles. The van der Waals surface area contributed by atoms with Crippen molar-refractivity contribution in [2.45, 2.75) is 6.54 Å². The molecule has 2 aromatic rings. The van der Waals surface area contributed by atoms with Gasteiger partial charge in [0.05, 0.1) is 11.7 Å². The third kappa shape index (κ3) is 3.46. The quantitative estimate of drug-likeness (QED) is 0.763. The van der Waals surface area contributed by atoms with Gasteiger partial charge < -0.3 is 4.90 Å². The predicted molar refractivity (Wildman–Crippen MR) is 110 cm³/mol. The lowest BCUT2D eigenvalue weighted by Crippen LogP contribution is -2.45. The average molecular weight is 407 g/mol. The molecule has 2 saturated heterocycles. The smallest absolute Gasteiger partial charge is 0.281 e. The van der Waals surface area contributed by atoms with Gasteiger partial charge in [-0.1, -0.05) is 12.1 Å². The van der Waals surface area contributed by atoms with Crippen molar-refractivity contribution in [3.05, 3.63) is 30.0 Å². The van der Waals surface area contributed by atoms with E-state index in [9.17, 15) is 8.42 Å². The van der Waals surface area contributed by atoms with Crippen LogP contribution in [-0.4, -0.2) is 97.9 Å². The largest absolute Gasteiger partial charge is 0.309 e. The minimum absolute atomic E-state index is 0.0231. The Labute approximate surface area is 167 Å². The standard InChI is InChI=1S/C19H30N6O2S/c1-22(2)12-19-13-24(9-15-5-6-16-8-20-21-18(16)7-15)10-17(19)11-25(14-19)28(26,27)23(3)4/h5-8,17H,9-14H2,1-4H3,(H,20,21)/t17-,19+/m0/s1. The van der Waals surface area contributed by atoms with E-state index in [1.54, 1.807) is 18.4 Å². The molecular weight excluding hydrogens is 376 g/mol. The predicted octanol–water partition coefficient (Wildman–Crippen LogP) is 0.665. The highest BCUT2D eigenvalue weighted by atomic mass is 32.2. The van der Waals surface area contributed by atoms with Crippen molar-refractivity contribution >= 4 is 21.1 Å². The molecule has 0 spiro atoms. The summed E-state index contributed by atoms with van der Waals surface area (Å²) >= 11 is 0. The van der Waals surface area contributed by atoms with E-state index >= 15 is 0 Å². The van der Waals surface area contributed by atoms with Gasteiger partial charge in [0, 0.05) is 64.2 Å². The van der Waals surface area contributed by atoms with Crippen LogP contribution in [0.4, 0.5) is 0 Å². The Kier molecular flexibility index (Phi) is 4.99. The number of fused-ring (bicyclic) bond motifs is 2. The summed E-state index contributed by atoms with van der Waals surface area (Å²) in [7, 11) is 4.00. The lowest BCUT2D eigenvalue weighted by molar-refractivity contribution is 0.178. The van der Waals surface area contributed by atoms with Gasteiger partial charge >= 0.3 is 0 Å². The molecule has 1 N–H and O–H groups in total. The Morgan fingerprint density at radius 1 is 1.21 bits per heavy atom. The first-order valence-corrected chi connectivity index (χ1v) is 11.1. The van der Waals surface area contributed by atoms with Crippen LogP contribution in [-0.2, 0) is 16.8 Å². The highest BCUT2D eigenvalue weighted by Gasteiger charge is 2.55. The van der Waals surface area contributed by atoms with Crippen molar-refractivity contribution < 1.29 is 8.42 Å². The van der Waals surface area contributed by atoms with Gasteiger partial charge in [0.15, 0.2) is 0 Å². The molecule has 0 radical (unpaired) electrons. The lowest BCUT2D eigenvalue weighted by Gasteiger charge is -2.32. The zero-order valence-corrected chi connectivity index (χ0v) is 17.9. The van der Waals surface area contributed by atoms with Gasteiger partial charge in [-0.05, 0) is 31.6 Å². The van der Waals surface area contributed by atoms with Gasteiger partial charge in [-0.25, -0.2) is 0 Å². The maximum atomic E-state index is 12.7. The van der Waals surface area contributed by atoms with Crippen LogP contribution in [0.3, 0.4) is 0 Å². The summed E-state index contributed by atoms with van der Waals surface area (Å²) in [4.78, 5) is 4.67. The van der Waals surface area contributed by atoms with Crippen LogP contribution in [0.25, 0.3) is 10.9 Å². The SMILES string of the molecule is CN(C)C[C@]12CN(Cc3ccc4cn[nH]c4c3)C[C@H]1CN(S(=O)(=O)N(C)C)C2. The molecule has 4 rings (SSSR count). The Morgan fingerprint density at radius 2 is 2.00 bits per heavy atom. The molecule has 0 bridgehead atoms. The third-order valence-electron chi connectivity index (χ3n) is 6.13. The fourth-order valence-electron chi connectivity index (χ4n) is 4.96. The average Bonchev–Trinajstić information content (AvgIpc) is 3.26. The highest BCUT2D eigenvalue weighted by Crippen LogP contribution is 2.44. The molecule has 0 amide bonds. The van der Waals surface area contributed by atoms with E-state index in [-0.39, 0.29) is 5.41 Å². The van der Waals surface area contributed by atoms with Crippen LogP contribution in [0.5, 0.6) is 0 Å². The molecular formula is C19H30N6O2S. The van der Waals surface area contributed by atoms with Gasteiger partial charge in [-0.2, -0.15) is 22.1 Å². The monoisotopic (exact) mass is 406 g/mol. The maximum Gasteiger partial charge on any atom is 0.281 e. The van der Waals surface area contributed by atoms with Gasteiger partial charge in [0.1, 0.15) is 0 Å². The summed E-state index contributed by atoms with van der Waals surface area (Å²) in [5.41, 5.74) is 2.29. The molecule has 8 nitrogen and oxygen atoms in total. The Balaban J connectivity index is 1.53. The molecule has 0 saturated carbocycles. The zero-order chi connectivity index (χ0) is 20.1. The van der Waals surface area contributed by atoms with Gasteiger partial charge in [-0.15, -0.1) is 0 Å². The summed E-state index contributed by atoms with van der Waals surface area (Å²) < 4.78 is 28.4. The minimum atomic E-state index is -3.37. The molecule has 2 atom stereocenters. The topological polar surface area (TPSA) is 75.8 Å². The van der Waals surface area contributed by atoms with E-state index in [0.717, 1.165) is 37.1 Å². The first kappa shape index (κ1) is 19.8. The Hall–Kier alpha value is -1.52. The molecule has 0 aliphatic carbocycles. The van der Waals surface area contributed by atoms with Crippen LogP contribution >= 0.6 is 0 Å². The number of hydrogen-bond donors (Lipinski definition) is 1. The van der Waals surface area contributed by atoms with E-state index in [0.29, 0.717) is 19.0 Å². The third-order valence-corrected chi connectivity index (χ3v) is 7.98. The van der Waals surface area contributed by atoms with Crippen LogP contribution in [0, 0.1) is 11.3 Å². The Bertz CT molecular complexity index is 956. The summed E-state index contributed by atoms with van der Waals surface area (Å²) in [5.74, 6) is 0.348. The maximum absolute atomic E-state index is 12.7. The molecule has 3 heterocycles. The minimum Gasteiger partial charge on any atom is -0.309 e. The van der Waals surface area contributed by atoms with Crippen LogP contribution < -0.4 is 0 Å². The van der Waals surface area contributed by atoms with Crippen molar-refractivity contribution in [1.29, 1.82) is 0 Å². The second-order valence-corrected chi connectivity index (χ2v) is 11.0. The summed E-state index contributed by atoms with van der Waals surface area (Å²) in [6, 6.07) is 6.43. The molecule has 9 heteroatoms. The lowest BCUT2D eigenvalue weighted by atomic mass is 9.80. The molecule has 28 heavy (non-hydrogen) atoms. The van der Waals surface area contributed by atoms with Gasteiger partial charge in [-0.3, -0.25) is 10.00 Å². The van der Waals surface area contributed by atoms with Crippen molar-refractivity contribution in [1.82, 2.24) is 28.6 Å². The summed E-state index contributed by atoms with van der Waals surface area (Å²) in [6.45, 7) is 4.80. The van der Waals surface area contributed by atoms with Crippen LogP contribution in [0.1, 0.15) is 5.56 Å². The van der Waals surface area contributed by atoms with E-state index in [1.807, 2.05) is 6.20 Å². The molecule has 154 valence electrons. The van der Waals surface area contributed by atoms with Crippen molar-refractivity contribution in [3.8, 4) is 0 Å². The fourth-order valence-corrected chi connectivity index (χ4v) is 6.21. The van der Waals surface area contributed by atoms with Crippen molar-refractivity contribution in [3.63, 3.8) is 0 Å².